The van der Waals surface area contributed by atoms with Crippen molar-refractivity contribution >= 4 is 12.0 Å². The quantitative estimate of drug-likeness (QED) is 0.692. The summed E-state index contributed by atoms with van der Waals surface area (Å²) in [5.41, 5.74) is -0.541. The standard InChI is InChI=1S/C15H27N3O3/c1-2-18-8-5-12(11-18)10-16-14(21)17-15(9-13(19)20)6-3-4-7-15/h12H,2-11H2,1H3,(H,19,20)(H2,16,17,21). The zero-order valence-corrected chi connectivity index (χ0v) is 12.9. The minimum absolute atomic E-state index is 0.0213. The van der Waals surface area contributed by atoms with Gasteiger partial charge in [-0.3, -0.25) is 4.79 Å². The molecular formula is C15H27N3O3. The van der Waals surface area contributed by atoms with Crippen molar-refractivity contribution in [2.45, 2.75) is 51.0 Å². The Kier molecular flexibility index (Phi) is 5.45. The highest BCUT2D eigenvalue weighted by molar-refractivity contribution is 5.76. The Morgan fingerprint density at radius 2 is 2.05 bits per heavy atom. The second kappa shape index (κ2) is 7.11. The molecule has 0 radical (unpaired) electrons. The molecule has 2 aliphatic rings. The van der Waals surface area contributed by atoms with Crippen LogP contribution in [0.2, 0.25) is 0 Å². The van der Waals surface area contributed by atoms with E-state index in [2.05, 4.69) is 22.5 Å². The molecule has 1 aliphatic carbocycles. The summed E-state index contributed by atoms with van der Waals surface area (Å²) in [4.78, 5) is 25.4. The molecule has 6 heteroatoms. The molecule has 2 rings (SSSR count). The van der Waals surface area contributed by atoms with E-state index in [1.54, 1.807) is 0 Å². The number of carboxylic acid groups (broad SMARTS) is 1. The molecule has 21 heavy (non-hydrogen) atoms. The summed E-state index contributed by atoms with van der Waals surface area (Å²) in [5, 5.41) is 14.9. The lowest BCUT2D eigenvalue weighted by Gasteiger charge is -2.29. The molecule has 0 aromatic heterocycles. The van der Waals surface area contributed by atoms with Gasteiger partial charge in [0.2, 0.25) is 0 Å². The SMILES string of the molecule is CCN1CCC(CNC(=O)NC2(CC(=O)O)CCCC2)C1. The molecule has 0 spiro atoms. The van der Waals surface area contributed by atoms with E-state index < -0.39 is 11.5 Å². The van der Waals surface area contributed by atoms with Gasteiger partial charge < -0.3 is 20.6 Å². The van der Waals surface area contributed by atoms with Crippen molar-refractivity contribution in [3.63, 3.8) is 0 Å². The van der Waals surface area contributed by atoms with E-state index in [0.717, 1.165) is 51.7 Å². The number of carbonyl (C=O) groups excluding carboxylic acids is 1. The smallest absolute Gasteiger partial charge is 0.315 e. The maximum absolute atomic E-state index is 12.1. The number of hydrogen-bond acceptors (Lipinski definition) is 3. The van der Waals surface area contributed by atoms with Crippen LogP contribution >= 0.6 is 0 Å². The van der Waals surface area contributed by atoms with Gasteiger partial charge in [-0.05, 0) is 38.3 Å². The highest BCUT2D eigenvalue weighted by Gasteiger charge is 2.37. The first kappa shape index (κ1) is 16.1. The number of carboxylic acids is 1. The fraction of sp³-hybridized carbons (Fsp3) is 0.867. The number of rotatable bonds is 6. The lowest BCUT2D eigenvalue weighted by molar-refractivity contribution is -0.138. The minimum Gasteiger partial charge on any atom is -0.481 e. The first-order valence-corrected chi connectivity index (χ1v) is 8.03. The number of nitrogens with zero attached hydrogens (tertiary/aromatic N) is 1. The first-order valence-electron chi connectivity index (χ1n) is 8.03. The Morgan fingerprint density at radius 1 is 1.33 bits per heavy atom. The summed E-state index contributed by atoms with van der Waals surface area (Å²) in [5.74, 6) is -0.332. The Bertz CT molecular complexity index is 380. The van der Waals surface area contributed by atoms with E-state index in [1.165, 1.54) is 0 Å². The van der Waals surface area contributed by atoms with Crippen LogP contribution in [-0.2, 0) is 4.79 Å². The summed E-state index contributed by atoms with van der Waals surface area (Å²) in [6.45, 7) is 6.03. The van der Waals surface area contributed by atoms with E-state index in [9.17, 15) is 9.59 Å². The van der Waals surface area contributed by atoms with Gasteiger partial charge in [0.15, 0.2) is 0 Å². The summed E-state index contributed by atoms with van der Waals surface area (Å²) in [6.07, 6.45) is 4.64. The summed E-state index contributed by atoms with van der Waals surface area (Å²) >= 11 is 0. The van der Waals surface area contributed by atoms with Crippen molar-refractivity contribution in [3.05, 3.63) is 0 Å². The van der Waals surface area contributed by atoms with E-state index in [4.69, 9.17) is 5.11 Å². The number of hydrogen-bond donors (Lipinski definition) is 3. The summed E-state index contributed by atoms with van der Waals surface area (Å²) in [7, 11) is 0. The first-order chi connectivity index (χ1) is 10.0. The third-order valence-corrected chi connectivity index (χ3v) is 4.80. The molecule has 120 valence electrons. The molecule has 1 saturated carbocycles. The van der Waals surface area contributed by atoms with Crippen molar-refractivity contribution < 1.29 is 14.7 Å². The van der Waals surface area contributed by atoms with Gasteiger partial charge >= 0.3 is 12.0 Å². The highest BCUT2D eigenvalue weighted by atomic mass is 16.4. The number of nitrogens with one attached hydrogen (secondary N) is 2. The van der Waals surface area contributed by atoms with Crippen LogP contribution in [0, 0.1) is 5.92 Å². The van der Waals surface area contributed by atoms with Gasteiger partial charge in [-0.25, -0.2) is 4.79 Å². The lowest BCUT2D eigenvalue weighted by Crippen LogP contribution is -2.52. The molecule has 1 atom stereocenters. The number of amides is 2. The molecule has 0 bridgehead atoms. The number of urea groups is 1. The molecule has 6 nitrogen and oxygen atoms in total. The lowest BCUT2D eigenvalue weighted by atomic mass is 9.93. The fourth-order valence-electron chi connectivity index (χ4n) is 3.58. The van der Waals surface area contributed by atoms with Gasteiger partial charge in [-0.2, -0.15) is 0 Å². The van der Waals surface area contributed by atoms with Crippen LogP contribution in [0.25, 0.3) is 0 Å². The van der Waals surface area contributed by atoms with Gasteiger partial charge in [0.05, 0.1) is 12.0 Å². The Morgan fingerprint density at radius 3 is 2.62 bits per heavy atom. The van der Waals surface area contributed by atoms with Crippen molar-refractivity contribution in [3.8, 4) is 0 Å². The number of carbonyl (C=O) groups is 2. The van der Waals surface area contributed by atoms with Crippen molar-refractivity contribution in [2.75, 3.05) is 26.2 Å². The Balaban J connectivity index is 1.76. The summed E-state index contributed by atoms with van der Waals surface area (Å²) < 4.78 is 0. The van der Waals surface area contributed by atoms with Crippen LogP contribution in [0.15, 0.2) is 0 Å². The third kappa shape index (κ3) is 4.59. The van der Waals surface area contributed by atoms with Crippen molar-refractivity contribution in [1.82, 2.24) is 15.5 Å². The van der Waals surface area contributed by atoms with Crippen LogP contribution in [0.1, 0.15) is 45.4 Å². The average Bonchev–Trinajstić information content (AvgIpc) is 3.05. The van der Waals surface area contributed by atoms with E-state index in [-0.39, 0.29) is 12.5 Å². The second-order valence-corrected chi connectivity index (χ2v) is 6.44. The van der Waals surface area contributed by atoms with Crippen LogP contribution in [0.4, 0.5) is 4.79 Å². The Hall–Kier alpha value is -1.30. The van der Waals surface area contributed by atoms with E-state index in [0.29, 0.717) is 12.5 Å². The zero-order valence-electron chi connectivity index (χ0n) is 12.9. The van der Waals surface area contributed by atoms with Gasteiger partial charge in [-0.1, -0.05) is 19.8 Å². The molecule has 3 N–H and O–H groups in total. The zero-order chi connectivity index (χ0) is 15.3. The monoisotopic (exact) mass is 297 g/mol. The van der Waals surface area contributed by atoms with Crippen LogP contribution in [0.3, 0.4) is 0 Å². The maximum Gasteiger partial charge on any atom is 0.315 e. The molecular weight excluding hydrogens is 270 g/mol. The van der Waals surface area contributed by atoms with Crippen LogP contribution < -0.4 is 10.6 Å². The number of aliphatic carboxylic acids is 1. The van der Waals surface area contributed by atoms with Gasteiger partial charge in [0.25, 0.3) is 0 Å². The molecule has 1 heterocycles. The van der Waals surface area contributed by atoms with Crippen LogP contribution in [-0.4, -0.2) is 53.7 Å². The maximum atomic E-state index is 12.1. The molecule has 1 saturated heterocycles. The largest absolute Gasteiger partial charge is 0.481 e. The highest BCUT2D eigenvalue weighted by Crippen LogP contribution is 2.32. The average molecular weight is 297 g/mol. The number of likely N-dealkylation sites (tertiary alicyclic amines) is 1. The van der Waals surface area contributed by atoms with E-state index in [1.807, 2.05) is 0 Å². The van der Waals surface area contributed by atoms with Gasteiger partial charge in [-0.15, -0.1) is 0 Å². The van der Waals surface area contributed by atoms with Crippen LogP contribution in [0.5, 0.6) is 0 Å². The normalized spacial score (nSPS) is 24.9. The molecule has 2 fully saturated rings. The molecule has 0 aromatic rings. The third-order valence-electron chi connectivity index (χ3n) is 4.80. The minimum atomic E-state index is -0.841. The van der Waals surface area contributed by atoms with Crippen molar-refractivity contribution in [2.24, 2.45) is 5.92 Å². The van der Waals surface area contributed by atoms with Gasteiger partial charge in [0.1, 0.15) is 0 Å². The molecule has 1 aliphatic heterocycles. The Labute approximate surface area is 126 Å². The predicted octanol–water partition coefficient (Wildman–Crippen LogP) is 1.41. The summed E-state index contributed by atoms with van der Waals surface area (Å²) in [6, 6.07) is -0.215. The molecule has 2 amide bonds. The molecule has 1 unspecified atom stereocenters. The van der Waals surface area contributed by atoms with Gasteiger partial charge in [0, 0.05) is 13.1 Å². The van der Waals surface area contributed by atoms with Crippen molar-refractivity contribution in [1.29, 1.82) is 0 Å². The molecule has 0 aromatic carbocycles. The topological polar surface area (TPSA) is 81.7 Å². The second-order valence-electron chi connectivity index (χ2n) is 6.44. The fourth-order valence-corrected chi connectivity index (χ4v) is 3.58. The van der Waals surface area contributed by atoms with E-state index >= 15 is 0 Å². The predicted molar refractivity (Wildman–Crippen MR) is 80.2 cm³/mol.